The number of nitrogens with zero attached hydrogens (tertiary/aromatic N) is 1. The van der Waals surface area contributed by atoms with Gasteiger partial charge in [-0.1, -0.05) is 19.4 Å². The van der Waals surface area contributed by atoms with Crippen LogP contribution in [0.15, 0.2) is 23.1 Å². The first-order valence-corrected chi connectivity index (χ1v) is 8.49. The second-order valence-corrected chi connectivity index (χ2v) is 7.35. The van der Waals surface area contributed by atoms with Gasteiger partial charge in [-0.2, -0.15) is 0 Å². The van der Waals surface area contributed by atoms with E-state index in [1.165, 1.54) is 0 Å². The number of aryl methyl sites for hydroxylation is 2. The predicted molar refractivity (Wildman–Crippen MR) is 83.5 cm³/mol. The van der Waals surface area contributed by atoms with Crippen LogP contribution in [0.25, 0.3) is 0 Å². The molecule has 4 nitrogen and oxygen atoms in total. The summed E-state index contributed by atoms with van der Waals surface area (Å²) >= 11 is 0. The molecule has 0 aliphatic rings. The summed E-state index contributed by atoms with van der Waals surface area (Å²) < 4.78 is 27.4. The normalized spacial score (nSPS) is 13.7. The van der Waals surface area contributed by atoms with E-state index in [9.17, 15) is 8.42 Å². The Morgan fingerprint density at radius 1 is 1.15 bits per heavy atom. The van der Waals surface area contributed by atoms with Crippen molar-refractivity contribution >= 4 is 10.0 Å². The highest BCUT2D eigenvalue weighted by Crippen LogP contribution is 2.14. The molecule has 114 valence electrons. The van der Waals surface area contributed by atoms with Crippen LogP contribution in [0.4, 0.5) is 0 Å². The van der Waals surface area contributed by atoms with Crippen LogP contribution in [0.5, 0.6) is 0 Å². The van der Waals surface area contributed by atoms with Gasteiger partial charge in [0.2, 0.25) is 10.0 Å². The highest BCUT2D eigenvalue weighted by molar-refractivity contribution is 7.89. The molecule has 1 aromatic rings. The Kier molecular flexibility index (Phi) is 6.17. The Hall–Kier alpha value is -0.910. The van der Waals surface area contributed by atoms with Gasteiger partial charge in [-0.3, -0.25) is 0 Å². The number of benzene rings is 1. The third kappa shape index (κ3) is 4.89. The smallest absolute Gasteiger partial charge is 0.240 e. The summed E-state index contributed by atoms with van der Waals surface area (Å²) in [5.41, 5.74) is 1.92. The van der Waals surface area contributed by atoms with Crippen LogP contribution >= 0.6 is 0 Å². The predicted octanol–water partition coefficient (Wildman–Crippen LogP) is 2.31. The molecule has 0 aliphatic carbocycles. The lowest BCUT2D eigenvalue weighted by Crippen LogP contribution is -2.40. The molecule has 5 heteroatoms. The Balaban J connectivity index is 2.84. The molecule has 0 spiro atoms. The van der Waals surface area contributed by atoms with E-state index in [0.717, 1.165) is 24.0 Å². The highest BCUT2D eigenvalue weighted by Gasteiger charge is 2.18. The maximum absolute atomic E-state index is 12.3. The van der Waals surface area contributed by atoms with Crippen molar-refractivity contribution in [1.82, 2.24) is 9.62 Å². The molecule has 0 radical (unpaired) electrons. The average molecular weight is 298 g/mol. The monoisotopic (exact) mass is 298 g/mol. The summed E-state index contributed by atoms with van der Waals surface area (Å²) in [6.45, 7) is 6.36. The number of likely N-dealkylation sites (N-methyl/N-ethyl adjacent to an activating group) is 1. The number of nitrogens with one attached hydrogen (secondary N) is 1. The van der Waals surface area contributed by atoms with Gasteiger partial charge < -0.3 is 4.90 Å². The summed E-state index contributed by atoms with van der Waals surface area (Å²) in [5, 5.41) is 0. The van der Waals surface area contributed by atoms with E-state index in [4.69, 9.17) is 0 Å². The van der Waals surface area contributed by atoms with E-state index < -0.39 is 10.0 Å². The molecular weight excluding hydrogens is 272 g/mol. The number of sulfonamides is 1. The third-order valence-corrected chi connectivity index (χ3v) is 4.77. The summed E-state index contributed by atoms with van der Waals surface area (Å²) in [6, 6.07) is 5.61. The van der Waals surface area contributed by atoms with Gasteiger partial charge in [0.05, 0.1) is 4.90 Å². The van der Waals surface area contributed by atoms with Crippen LogP contribution in [-0.4, -0.2) is 40.0 Å². The lowest BCUT2D eigenvalue weighted by atomic mass is 10.1. The van der Waals surface area contributed by atoms with E-state index in [2.05, 4.69) is 16.5 Å². The van der Waals surface area contributed by atoms with Crippen molar-refractivity contribution in [2.45, 2.75) is 44.6 Å². The lowest BCUT2D eigenvalue weighted by Gasteiger charge is -2.24. The highest BCUT2D eigenvalue weighted by atomic mass is 32.2. The summed E-state index contributed by atoms with van der Waals surface area (Å²) in [4.78, 5) is 2.41. The van der Waals surface area contributed by atoms with Crippen LogP contribution in [0, 0.1) is 13.8 Å². The van der Waals surface area contributed by atoms with Gasteiger partial charge in [-0.25, -0.2) is 13.1 Å². The van der Waals surface area contributed by atoms with Gasteiger partial charge in [0.1, 0.15) is 0 Å². The molecule has 0 unspecified atom stereocenters. The Bertz CT molecular complexity index is 519. The molecule has 0 aliphatic heterocycles. The molecule has 0 amide bonds. The van der Waals surface area contributed by atoms with Crippen molar-refractivity contribution in [3.8, 4) is 0 Å². The first kappa shape index (κ1) is 17.1. The fraction of sp³-hybridized carbons (Fsp3) is 0.600. The summed E-state index contributed by atoms with van der Waals surface area (Å²) in [5.74, 6) is 0. The topological polar surface area (TPSA) is 49.4 Å². The van der Waals surface area contributed by atoms with Gasteiger partial charge in [0.25, 0.3) is 0 Å². The molecule has 0 heterocycles. The minimum Gasteiger partial charge on any atom is -0.305 e. The van der Waals surface area contributed by atoms with Gasteiger partial charge in [0.15, 0.2) is 0 Å². The fourth-order valence-electron chi connectivity index (χ4n) is 2.25. The molecule has 0 saturated heterocycles. The summed E-state index contributed by atoms with van der Waals surface area (Å²) in [7, 11) is 0.526. The quantitative estimate of drug-likeness (QED) is 0.840. The number of rotatable bonds is 7. The standard InChI is InChI=1S/C15H26N2O2S/c1-6-7-14(17(4)5)11-16-20(18,19)15-9-12(2)8-13(3)10-15/h8-10,14,16H,6-7,11H2,1-5H3/t14-/m0/s1. The maximum Gasteiger partial charge on any atom is 0.240 e. The molecule has 1 aromatic carbocycles. The van der Waals surface area contributed by atoms with Crippen LogP contribution in [0.3, 0.4) is 0 Å². The molecule has 1 rings (SSSR count). The molecule has 0 bridgehead atoms. The first-order valence-electron chi connectivity index (χ1n) is 7.00. The van der Waals surface area contributed by atoms with Crippen LogP contribution in [-0.2, 0) is 10.0 Å². The van der Waals surface area contributed by atoms with Gasteiger partial charge in [0, 0.05) is 12.6 Å². The van der Waals surface area contributed by atoms with E-state index >= 15 is 0 Å². The molecule has 1 N–H and O–H groups in total. The number of hydrogen-bond donors (Lipinski definition) is 1. The molecular formula is C15H26N2O2S. The molecule has 0 aromatic heterocycles. The Morgan fingerprint density at radius 2 is 1.70 bits per heavy atom. The van der Waals surface area contributed by atoms with Crippen molar-refractivity contribution < 1.29 is 8.42 Å². The molecule has 1 atom stereocenters. The van der Waals surface area contributed by atoms with E-state index in [1.807, 2.05) is 34.0 Å². The second-order valence-electron chi connectivity index (χ2n) is 5.58. The van der Waals surface area contributed by atoms with E-state index in [1.54, 1.807) is 12.1 Å². The van der Waals surface area contributed by atoms with Crippen LogP contribution in [0.2, 0.25) is 0 Å². The zero-order valence-electron chi connectivity index (χ0n) is 13.1. The van der Waals surface area contributed by atoms with E-state index in [0.29, 0.717) is 11.4 Å². The van der Waals surface area contributed by atoms with Crippen molar-refractivity contribution in [2.24, 2.45) is 0 Å². The van der Waals surface area contributed by atoms with Gasteiger partial charge in [-0.05, 0) is 57.6 Å². The minimum atomic E-state index is -3.43. The Morgan fingerprint density at radius 3 is 2.15 bits per heavy atom. The SMILES string of the molecule is CCC[C@@H](CNS(=O)(=O)c1cc(C)cc(C)c1)N(C)C. The van der Waals surface area contributed by atoms with E-state index in [-0.39, 0.29) is 6.04 Å². The van der Waals surface area contributed by atoms with Crippen LogP contribution < -0.4 is 4.72 Å². The first-order chi connectivity index (χ1) is 9.26. The van der Waals surface area contributed by atoms with Gasteiger partial charge in [-0.15, -0.1) is 0 Å². The Labute approximate surface area is 123 Å². The van der Waals surface area contributed by atoms with Gasteiger partial charge >= 0.3 is 0 Å². The zero-order chi connectivity index (χ0) is 15.3. The van der Waals surface area contributed by atoms with Crippen molar-refractivity contribution in [2.75, 3.05) is 20.6 Å². The molecule has 0 saturated carbocycles. The molecule has 20 heavy (non-hydrogen) atoms. The van der Waals surface area contributed by atoms with Crippen molar-refractivity contribution in [1.29, 1.82) is 0 Å². The third-order valence-electron chi connectivity index (χ3n) is 3.37. The number of hydrogen-bond acceptors (Lipinski definition) is 3. The average Bonchev–Trinajstić information content (AvgIpc) is 2.32. The summed E-state index contributed by atoms with van der Waals surface area (Å²) in [6.07, 6.45) is 2.01. The second kappa shape index (κ2) is 7.20. The fourth-order valence-corrected chi connectivity index (χ4v) is 3.51. The van der Waals surface area contributed by atoms with Crippen molar-refractivity contribution in [3.63, 3.8) is 0 Å². The largest absolute Gasteiger partial charge is 0.305 e. The maximum atomic E-state index is 12.3. The zero-order valence-corrected chi connectivity index (χ0v) is 13.9. The lowest BCUT2D eigenvalue weighted by molar-refractivity contribution is 0.277. The van der Waals surface area contributed by atoms with Crippen LogP contribution in [0.1, 0.15) is 30.9 Å². The molecule has 0 fully saturated rings. The van der Waals surface area contributed by atoms with Crippen molar-refractivity contribution in [3.05, 3.63) is 29.3 Å². The minimum absolute atomic E-state index is 0.223.